The van der Waals surface area contributed by atoms with Gasteiger partial charge in [0.25, 0.3) is 0 Å². The average Bonchev–Trinajstić information content (AvgIpc) is 3.33. The third-order valence-electron chi connectivity index (χ3n) is 3.76. The molecule has 0 spiro atoms. The molecular formula is C19H21N3O2S2. The fraction of sp³-hybridized carbons (Fsp3) is 0.316. The first-order valence-corrected chi connectivity index (χ1v) is 10.6. The first kappa shape index (κ1) is 18.7. The molecule has 7 heteroatoms. The van der Waals surface area contributed by atoms with Crippen molar-refractivity contribution in [2.24, 2.45) is 0 Å². The lowest BCUT2D eigenvalue weighted by Gasteiger charge is -2.05. The van der Waals surface area contributed by atoms with Crippen molar-refractivity contribution in [3.63, 3.8) is 0 Å². The van der Waals surface area contributed by atoms with Gasteiger partial charge in [-0.2, -0.15) is 23.1 Å². The van der Waals surface area contributed by atoms with Crippen molar-refractivity contribution < 1.29 is 9.21 Å². The van der Waals surface area contributed by atoms with E-state index >= 15 is 0 Å². The zero-order valence-electron chi connectivity index (χ0n) is 14.6. The van der Waals surface area contributed by atoms with Gasteiger partial charge >= 0.3 is 0 Å². The number of benzene rings is 1. The minimum atomic E-state index is 0.0104. The first-order chi connectivity index (χ1) is 12.7. The summed E-state index contributed by atoms with van der Waals surface area (Å²) in [5.74, 6) is 2.87. The Kier molecular flexibility index (Phi) is 6.85. The van der Waals surface area contributed by atoms with Crippen LogP contribution in [0.15, 0.2) is 45.5 Å². The predicted molar refractivity (Wildman–Crippen MR) is 106 cm³/mol. The molecule has 1 N–H and O–H groups in total. The van der Waals surface area contributed by atoms with Crippen LogP contribution in [0.1, 0.15) is 23.4 Å². The number of hydrogen-bond donors (Lipinski definition) is 1. The summed E-state index contributed by atoms with van der Waals surface area (Å²) in [6.45, 7) is 2.75. The van der Waals surface area contributed by atoms with Crippen molar-refractivity contribution in [1.82, 2.24) is 15.5 Å². The molecule has 5 nitrogen and oxygen atoms in total. The number of carbonyl (C=O) groups excluding carboxylic acids is 1. The van der Waals surface area contributed by atoms with Gasteiger partial charge in [0, 0.05) is 41.8 Å². The quantitative estimate of drug-likeness (QED) is 0.560. The summed E-state index contributed by atoms with van der Waals surface area (Å²) in [5.41, 5.74) is 3.50. The molecule has 1 aromatic carbocycles. The van der Waals surface area contributed by atoms with Crippen LogP contribution in [0.25, 0.3) is 11.5 Å². The highest BCUT2D eigenvalue weighted by Crippen LogP contribution is 2.20. The molecule has 1 amide bonds. The standard InChI is InChI=1S/C19H21N3O2S2/c1-14-2-4-15(5-3-14)12-26-11-9-20-17(23)6-7-18-21-22-19(24-18)16-8-10-25-13-16/h2-5,8,10,13H,6-7,9,11-12H2,1H3,(H,20,23). The fourth-order valence-electron chi connectivity index (χ4n) is 2.30. The van der Waals surface area contributed by atoms with Crippen LogP contribution >= 0.6 is 23.1 Å². The maximum absolute atomic E-state index is 11.9. The molecule has 3 aromatic rings. The molecule has 0 unspecified atom stereocenters. The maximum Gasteiger partial charge on any atom is 0.248 e. The molecule has 0 aliphatic carbocycles. The molecule has 0 aliphatic heterocycles. The topological polar surface area (TPSA) is 68.0 Å². The Bertz CT molecular complexity index is 814. The first-order valence-electron chi connectivity index (χ1n) is 8.45. The molecule has 136 valence electrons. The van der Waals surface area contributed by atoms with Crippen LogP contribution in [-0.2, 0) is 17.0 Å². The van der Waals surface area contributed by atoms with Gasteiger partial charge in [0.2, 0.25) is 17.7 Å². The van der Waals surface area contributed by atoms with Crippen molar-refractivity contribution >= 4 is 29.0 Å². The summed E-state index contributed by atoms with van der Waals surface area (Å²) in [7, 11) is 0. The van der Waals surface area contributed by atoms with Crippen molar-refractivity contribution in [2.75, 3.05) is 12.3 Å². The summed E-state index contributed by atoms with van der Waals surface area (Å²) in [6, 6.07) is 10.5. The molecule has 2 aromatic heterocycles. The van der Waals surface area contributed by atoms with E-state index in [1.54, 1.807) is 11.3 Å². The monoisotopic (exact) mass is 387 g/mol. The Balaban J connectivity index is 1.30. The Morgan fingerprint density at radius 1 is 1.23 bits per heavy atom. The summed E-state index contributed by atoms with van der Waals surface area (Å²) < 4.78 is 5.58. The van der Waals surface area contributed by atoms with Gasteiger partial charge in [-0.05, 0) is 23.9 Å². The lowest BCUT2D eigenvalue weighted by atomic mass is 10.2. The number of aryl methyl sites for hydroxylation is 2. The van der Waals surface area contributed by atoms with Crippen LogP contribution in [-0.4, -0.2) is 28.4 Å². The van der Waals surface area contributed by atoms with Crippen LogP contribution in [0, 0.1) is 6.92 Å². The highest BCUT2D eigenvalue weighted by atomic mass is 32.2. The Morgan fingerprint density at radius 2 is 2.08 bits per heavy atom. The number of thiophene rings is 1. The lowest BCUT2D eigenvalue weighted by Crippen LogP contribution is -2.25. The number of thioether (sulfide) groups is 1. The number of nitrogens with zero attached hydrogens (tertiary/aromatic N) is 2. The molecular weight excluding hydrogens is 366 g/mol. The van der Waals surface area contributed by atoms with Gasteiger partial charge in [-0.1, -0.05) is 29.8 Å². The highest BCUT2D eigenvalue weighted by molar-refractivity contribution is 7.98. The summed E-state index contributed by atoms with van der Waals surface area (Å²) >= 11 is 3.40. The molecule has 0 bridgehead atoms. The number of hydrogen-bond acceptors (Lipinski definition) is 6. The van der Waals surface area contributed by atoms with Gasteiger partial charge in [-0.25, -0.2) is 0 Å². The van der Waals surface area contributed by atoms with E-state index in [0.29, 0.717) is 31.2 Å². The van der Waals surface area contributed by atoms with E-state index in [0.717, 1.165) is 17.1 Å². The minimum absolute atomic E-state index is 0.0104. The maximum atomic E-state index is 11.9. The van der Waals surface area contributed by atoms with Gasteiger partial charge in [0.1, 0.15) is 0 Å². The van der Waals surface area contributed by atoms with Crippen LogP contribution in [0.5, 0.6) is 0 Å². The SMILES string of the molecule is Cc1ccc(CSCCNC(=O)CCc2nnc(-c3ccsc3)o2)cc1. The van der Waals surface area contributed by atoms with Gasteiger partial charge in [-0.15, -0.1) is 10.2 Å². The smallest absolute Gasteiger partial charge is 0.248 e. The van der Waals surface area contributed by atoms with E-state index in [2.05, 4.69) is 46.7 Å². The fourth-order valence-corrected chi connectivity index (χ4v) is 3.75. The number of nitrogens with one attached hydrogen (secondary N) is 1. The van der Waals surface area contributed by atoms with E-state index in [9.17, 15) is 4.79 Å². The zero-order chi connectivity index (χ0) is 18.2. The average molecular weight is 388 g/mol. The second-order valence-corrected chi connectivity index (χ2v) is 7.79. The molecule has 2 heterocycles. The zero-order valence-corrected chi connectivity index (χ0v) is 16.2. The number of amides is 1. The van der Waals surface area contributed by atoms with Gasteiger partial charge in [0.15, 0.2) is 0 Å². The second kappa shape index (κ2) is 9.54. The minimum Gasteiger partial charge on any atom is -0.421 e. The molecule has 0 radical (unpaired) electrons. The van der Waals surface area contributed by atoms with Crippen LogP contribution < -0.4 is 5.32 Å². The van der Waals surface area contributed by atoms with Crippen LogP contribution in [0.2, 0.25) is 0 Å². The molecule has 0 saturated carbocycles. The normalized spacial score (nSPS) is 10.8. The van der Waals surface area contributed by atoms with Crippen molar-refractivity contribution in [3.05, 3.63) is 58.1 Å². The van der Waals surface area contributed by atoms with Gasteiger partial charge < -0.3 is 9.73 Å². The second-order valence-electron chi connectivity index (χ2n) is 5.90. The Morgan fingerprint density at radius 3 is 2.85 bits per heavy atom. The Labute approximate surface area is 161 Å². The molecule has 0 atom stereocenters. The highest BCUT2D eigenvalue weighted by Gasteiger charge is 2.10. The van der Waals surface area contributed by atoms with Crippen molar-refractivity contribution in [3.8, 4) is 11.5 Å². The van der Waals surface area contributed by atoms with E-state index in [-0.39, 0.29) is 5.91 Å². The van der Waals surface area contributed by atoms with E-state index in [4.69, 9.17) is 4.42 Å². The third kappa shape index (κ3) is 5.71. The number of carbonyl (C=O) groups is 1. The summed E-state index contributed by atoms with van der Waals surface area (Å²) in [6.07, 6.45) is 0.813. The van der Waals surface area contributed by atoms with E-state index in [1.165, 1.54) is 11.1 Å². The van der Waals surface area contributed by atoms with E-state index in [1.807, 2.05) is 28.6 Å². The molecule has 0 aliphatic rings. The van der Waals surface area contributed by atoms with Crippen molar-refractivity contribution in [1.29, 1.82) is 0 Å². The van der Waals surface area contributed by atoms with E-state index < -0.39 is 0 Å². The summed E-state index contributed by atoms with van der Waals surface area (Å²) in [4.78, 5) is 11.9. The van der Waals surface area contributed by atoms with Gasteiger partial charge in [-0.3, -0.25) is 4.79 Å². The largest absolute Gasteiger partial charge is 0.421 e. The van der Waals surface area contributed by atoms with Crippen molar-refractivity contribution in [2.45, 2.75) is 25.5 Å². The summed E-state index contributed by atoms with van der Waals surface area (Å²) in [5, 5.41) is 14.9. The Hall–Kier alpha value is -2.12. The van der Waals surface area contributed by atoms with Crippen LogP contribution in [0.3, 0.4) is 0 Å². The van der Waals surface area contributed by atoms with Crippen LogP contribution in [0.4, 0.5) is 0 Å². The third-order valence-corrected chi connectivity index (χ3v) is 5.47. The number of rotatable bonds is 9. The molecule has 3 rings (SSSR count). The van der Waals surface area contributed by atoms with Gasteiger partial charge in [0.05, 0.1) is 0 Å². The predicted octanol–water partition coefficient (Wildman–Crippen LogP) is 4.09. The molecule has 26 heavy (non-hydrogen) atoms. The molecule has 0 saturated heterocycles. The lowest BCUT2D eigenvalue weighted by molar-refractivity contribution is -0.121. The number of aromatic nitrogens is 2. The molecule has 0 fully saturated rings.